The Morgan fingerprint density at radius 1 is 1.13 bits per heavy atom. The Hall–Kier alpha value is -3.16. The highest BCUT2D eigenvalue weighted by Crippen LogP contribution is 2.14. The van der Waals surface area contributed by atoms with Crippen LogP contribution in [0.2, 0.25) is 0 Å². The molecule has 1 N–H and O–H groups in total. The number of nitrogens with zero attached hydrogens (tertiary/aromatic N) is 1. The van der Waals surface area contributed by atoms with Gasteiger partial charge in [0.15, 0.2) is 0 Å². The number of hydrogen-bond donors (Lipinski definition) is 1. The van der Waals surface area contributed by atoms with Crippen molar-refractivity contribution in [3.8, 4) is 5.88 Å². The molecule has 0 amide bonds. The molecule has 0 unspecified atom stereocenters. The van der Waals surface area contributed by atoms with E-state index in [1.807, 2.05) is 0 Å². The fourth-order valence-electron chi connectivity index (χ4n) is 1.76. The summed E-state index contributed by atoms with van der Waals surface area (Å²) in [5, 5.41) is 6.14. The van der Waals surface area contributed by atoms with Crippen LogP contribution in [0.5, 0.6) is 5.88 Å². The zero-order valence-corrected chi connectivity index (χ0v) is 12.5. The van der Waals surface area contributed by atoms with E-state index in [1.54, 1.807) is 19.9 Å². The van der Waals surface area contributed by atoms with Gasteiger partial charge in [-0.05, 0) is 37.6 Å². The molecule has 0 aliphatic heterocycles. The van der Waals surface area contributed by atoms with E-state index in [2.05, 4.69) is 19.7 Å². The predicted octanol–water partition coefficient (Wildman–Crippen LogP) is 2.25. The SMILES string of the molecule is CCOC(=O)OC(=O)c1cc(C)cc(C(=O)Oc2ccn[nH]2)c1. The summed E-state index contributed by atoms with van der Waals surface area (Å²) < 4.78 is 14.1. The van der Waals surface area contributed by atoms with Gasteiger partial charge in [-0.15, -0.1) is 0 Å². The number of carbonyl (C=O) groups is 3. The molecule has 2 rings (SSSR count). The van der Waals surface area contributed by atoms with E-state index in [1.165, 1.54) is 24.4 Å². The number of H-pyrrole nitrogens is 1. The maximum absolute atomic E-state index is 12.1. The maximum atomic E-state index is 12.1. The van der Waals surface area contributed by atoms with Crippen LogP contribution in [-0.4, -0.2) is 34.9 Å². The number of rotatable bonds is 4. The van der Waals surface area contributed by atoms with E-state index in [-0.39, 0.29) is 23.6 Å². The lowest BCUT2D eigenvalue weighted by Gasteiger charge is -2.07. The second-order valence-corrected chi connectivity index (χ2v) is 4.47. The van der Waals surface area contributed by atoms with E-state index in [9.17, 15) is 14.4 Å². The molecular formula is C15H14N2O6. The number of hydrogen-bond acceptors (Lipinski definition) is 7. The van der Waals surface area contributed by atoms with Crippen molar-refractivity contribution in [1.82, 2.24) is 10.2 Å². The van der Waals surface area contributed by atoms with Crippen molar-refractivity contribution in [3.05, 3.63) is 47.2 Å². The van der Waals surface area contributed by atoms with Crippen LogP contribution in [0.25, 0.3) is 0 Å². The van der Waals surface area contributed by atoms with E-state index in [4.69, 9.17) is 4.74 Å². The number of carbonyl (C=O) groups excluding carboxylic acids is 3. The monoisotopic (exact) mass is 318 g/mol. The van der Waals surface area contributed by atoms with Gasteiger partial charge in [-0.1, -0.05) is 0 Å². The summed E-state index contributed by atoms with van der Waals surface area (Å²) in [5.74, 6) is -1.42. The zero-order valence-electron chi connectivity index (χ0n) is 12.5. The van der Waals surface area contributed by atoms with Crippen molar-refractivity contribution in [3.63, 3.8) is 0 Å². The molecule has 8 nitrogen and oxygen atoms in total. The average molecular weight is 318 g/mol. The van der Waals surface area contributed by atoms with Crippen LogP contribution in [0, 0.1) is 6.92 Å². The quantitative estimate of drug-likeness (QED) is 0.680. The van der Waals surface area contributed by atoms with Gasteiger partial charge in [0.05, 0.1) is 23.9 Å². The number of aromatic nitrogens is 2. The molecule has 1 aromatic carbocycles. The summed E-state index contributed by atoms with van der Waals surface area (Å²) in [6.07, 6.45) is 0.335. The third-order valence-electron chi connectivity index (χ3n) is 2.66. The van der Waals surface area contributed by atoms with Crippen LogP contribution in [0.15, 0.2) is 30.5 Å². The van der Waals surface area contributed by atoms with Crippen molar-refractivity contribution in [2.75, 3.05) is 6.61 Å². The summed E-state index contributed by atoms with van der Waals surface area (Å²) in [5.41, 5.74) is 0.796. The highest BCUT2D eigenvalue weighted by Gasteiger charge is 2.18. The molecule has 8 heteroatoms. The lowest BCUT2D eigenvalue weighted by Crippen LogP contribution is -2.15. The standard InChI is InChI=1S/C15H14N2O6/c1-3-21-15(20)23-14(19)11-7-9(2)6-10(8-11)13(18)22-12-4-5-16-17-12/h4-8H,3H2,1-2H3,(H,16,17). The number of nitrogens with one attached hydrogen (secondary N) is 1. The molecular weight excluding hydrogens is 304 g/mol. The van der Waals surface area contributed by atoms with Gasteiger partial charge in [0.2, 0.25) is 5.88 Å². The van der Waals surface area contributed by atoms with Crippen LogP contribution in [0.3, 0.4) is 0 Å². The number of esters is 2. The van der Waals surface area contributed by atoms with Crippen molar-refractivity contribution < 1.29 is 28.6 Å². The lowest BCUT2D eigenvalue weighted by molar-refractivity contribution is 0.0401. The van der Waals surface area contributed by atoms with Crippen molar-refractivity contribution >= 4 is 18.1 Å². The number of aromatic amines is 1. The fraction of sp³-hybridized carbons (Fsp3) is 0.200. The number of benzene rings is 1. The largest absolute Gasteiger partial charge is 0.516 e. The smallest absolute Gasteiger partial charge is 0.434 e. The number of ether oxygens (including phenoxy) is 3. The average Bonchev–Trinajstić information content (AvgIpc) is 2.99. The van der Waals surface area contributed by atoms with Crippen LogP contribution in [0.1, 0.15) is 33.2 Å². The van der Waals surface area contributed by atoms with Gasteiger partial charge in [-0.25, -0.2) is 19.5 Å². The molecule has 23 heavy (non-hydrogen) atoms. The second kappa shape index (κ2) is 7.21. The first kappa shape index (κ1) is 16.2. The highest BCUT2D eigenvalue weighted by atomic mass is 16.7. The Morgan fingerprint density at radius 2 is 1.83 bits per heavy atom. The van der Waals surface area contributed by atoms with Crippen LogP contribution < -0.4 is 4.74 Å². The molecule has 0 spiro atoms. The van der Waals surface area contributed by atoms with Gasteiger partial charge in [0.1, 0.15) is 0 Å². The Labute approximate surface area is 131 Å². The van der Waals surface area contributed by atoms with Gasteiger partial charge in [0, 0.05) is 6.07 Å². The molecule has 1 heterocycles. The first-order valence-corrected chi connectivity index (χ1v) is 6.71. The first-order chi connectivity index (χ1) is 11.0. The third kappa shape index (κ3) is 4.40. The van der Waals surface area contributed by atoms with Crippen molar-refractivity contribution in [2.45, 2.75) is 13.8 Å². The Bertz CT molecular complexity index is 724. The third-order valence-corrected chi connectivity index (χ3v) is 2.66. The summed E-state index contributed by atoms with van der Waals surface area (Å²) >= 11 is 0. The van der Waals surface area contributed by atoms with E-state index in [0.717, 1.165) is 0 Å². The molecule has 120 valence electrons. The maximum Gasteiger partial charge on any atom is 0.516 e. The van der Waals surface area contributed by atoms with E-state index in [0.29, 0.717) is 5.56 Å². The molecule has 2 aromatic rings. The topological polar surface area (TPSA) is 108 Å². The second-order valence-electron chi connectivity index (χ2n) is 4.47. The summed E-state index contributed by atoms with van der Waals surface area (Å²) in [4.78, 5) is 35.1. The molecule has 1 aromatic heterocycles. The van der Waals surface area contributed by atoms with Gasteiger partial charge < -0.3 is 14.2 Å². The van der Waals surface area contributed by atoms with E-state index >= 15 is 0 Å². The van der Waals surface area contributed by atoms with Crippen LogP contribution in [-0.2, 0) is 9.47 Å². The highest BCUT2D eigenvalue weighted by molar-refractivity contribution is 5.99. The first-order valence-electron chi connectivity index (χ1n) is 6.71. The van der Waals surface area contributed by atoms with Crippen LogP contribution >= 0.6 is 0 Å². The molecule has 0 aliphatic rings. The molecule has 0 fully saturated rings. The summed E-state index contributed by atoms with van der Waals surface area (Å²) in [6, 6.07) is 5.77. The van der Waals surface area contributed by atoms with Crippen molar-refractivity contribution in [2.24, 2.45) is 0 Å². The van der Waals surface area contributed by atoms with Gasteiger partial charge in [0.25, 0.3) is 0 Å². The lowest BCUT2D eigenvalue weighted by atomic mass is 10.1. The molecule has 0 saturated heterocycles. The van der Waals surface area contributed by atoms with Gasteiger partial charge in [-0.2, -0.15) is 5.10 Å². The van der Waals surface area contributed by atoms with Crippen molar-refractivity contribution in [1.29, 1.82) is 0 Å². The molecule has 0 aliphatic carbocycles. The van der Waals surface area contributed by atoms with Crippen LogP contribution in [0.4, 0.5) is 4.79 Å². The van der Waals surface area contributed by atoms with Gasteiger partial charge >= 0.3 is 18.1 Å². The Kier molecular flexibility index (Phi) is 5.08. The Morgan fingerprint density at radius 3 is 2.43 bits per heavy atom. The molecule has 0 saturated carbocycles. The summed E-state index contributed by atoms with van der Waals surface area (Å²) in [7, 11) is 0. The Balaban J connectivity index is 2.16. The minimum Gasteiger partial charge on any atom is -0.434 e. The van der Waals surface area contributed by atoms with Gasteiger partial charge in [-0.3, -0.25) is 0 Å². The molecule has 0 radical (unpaired) electrons. The normalized spacial score (nSPS) is 10.0. The van der Waals surface area contributed by atoms with E-state index < -0.39 is 18.1 Å². The fourth-order valence-corrected chi connectivity index (χ4v) is 1.76. The minimum atomic E-state index is -1.10. The number of aryl methyl sites for hydroxylation is 1. The summed E-state index contributed by atoms with van der Waals surface area (Å²) in [6.45, 7) is 3.36. The zero-order chi connectivity index (χ0) is 16.8. The minimum absolute atomic E-state index is 0.0367. The predicted molar refractivity (Wildman–Crippen MR) is 77.2 cm³/mol. The molecule has 0 atom stereocenters. The molecule has 0 bridgehead atoms.